The van der Waals surface area contributed by atoms with Gasteiger partial charge in [-0.25, -0.2) is 0 Å². The number of hydrogen-bond acceptors (Lipinski definition) is 5. The van der Waals surface area contributed by atoms with Crippen LogP contribution in [0.4, 0.5) is 0 Å². The summed E-state index contributed by atoms with van der Waals surface area (Å²) in [5, 5.41) is 12.4. The molecule has 0 aliphatic carbocycles. The van der Waals surface area contributed by atoms with Crippen molar-refractivity contribution < 1.29 is 4.74 Å². The average molecular weight is 448 g/mol. The summed E-state index contributed by atoms with van der Waals surface area (Å²) in [4.78, 5) is 9.49. The highest BCUT2D eigenvalue weighted by atomic mass is 35.5. The molecule has 0 saturated carbocycles. The molecule has 1 aromatic carbocycles. The summed E-state index contributed by atoms with van der Waals surface area (Å²) in [6.07, 6.45) is 3.70. The van der Waals surface area contributed by atoms with Gasteiger partial charge in [0.05, 0.1) is 13.2 Å². The van der Waals surface area contributed by atoms with E-state index in [0.29, 0.717) is 0 Å². The average Bonchev–Trinajstić information content (AvgIpc) is 3.25. The first-order chi connectivity index (χ1) is 15.2. The second-order valence-corrected chi connectivity index (χ2v) is 8.15. The molecular weight excluding hydrogens is 414 g/mol. The number of aromatic nitrogens is 3. The number of nitrogens with zero attached hydrogens (tertiary/aromatic N) is 6. The fourth-order valence-corrected chi connectivity index (χ4v) is 3.71. The molecular formula is C22H34ClN7O. The molecule has 31 heavy (non-hydrogen) atoms. The Bertz CT molecular complexity index is 802. The third kappa shape index (κ3) is 7.79. The number of aryl methyl sites for hydroxylation is 1. The Hall–Kier alpha value is -2.16. The summed E-state index contributed by atoms with van der Waals surface area (Å²) in [6, 6.07) is 7.96. The minimum Gasteiger partial charge on any atom is -0.379 e. The number of guanidine groups is 1. The van der Waals surface area contributed by atoms with E-state index in [-0.39, 0.29) is 0 Å². The standard InChI is InChI=1S/C22H34ClN7O/c1-3-21-27-26-18-30(21)12-10-25-22(24-9-4-11-29-13-15-31-16-14-29)28(2)17-19-5-7-20(23)8-6-19/h5-8,18H,3-4,9-17H2,1-2H3,(H,24,25). The maximum absolute atomic E-state index is 6.03. The van der Waals surface area contributed by atoms with Crippen molar-refractivity contribution in [3.05, 3.63) is 47.0 Å². The second-order valence-electron chi connectivity index (χ2n) is 7.72. The number of benzene rings is 1. The predicted octanol–water partition coefficient (Wildman–Crippen LogP) is 2.29. The number of hydrogen-bond donors (Lipinski definition) is 1. The van der Waals surface area contributed by atoms with Gasteiger partial charge in [-0.2, -0.15) is 0 Å². The highest BCUT2D eigenvalue weighted by Gasteiger charge is 2.11. The molecule has 1 aromatic heterocycles. The van der Waals surface area contributed by atoms with Crippen LogP contribution in [0.25, 0.3) is 0 Å². The van der Waals surface area contributed by atoms with E-state index in [1.165, 1.54) is 5.56 Å². The van der Waals surface area contributed by atoms with E-state index in [4.69, 9.17) is 21.3 Å². The van der Waals surface area contributed by atoms with E-state index in [1.54, 1.807) is 6.33 Å². The topological polar surface area (TPSA) is 70.8 Å². The van der Waals surface area contributed by atoms with Gasteiger partial charge in [0.1, 0.15) is 12.2 Å². The van der Waals surface area contributed by atoms with Gasteiger partial charge in [-0.05, 0) is 24.1 Å². The van der Waals surface area contributed by atoms with Gasteiger partial charge in [0, 0.05) is 64.3 Å². The molecule has 2 heterocycles. The minimum atomic E-state index is 0.752. The zero-order valence-corrected chi connectivity index (χ0v) is 19.4. The molecule has 3 rings (SSSR count). The maximum Gasteiger partial charge on any atom is 0.194 e. The van der Waals surface area contributed by atoms with Crippen LogP contribution < -0.4 is 5.32 Å². The summed E-state index contributed by atoms with van der Waals surface area (Å²) in [7, 11) is 2.07. The Morgan fingerprint density at radius 2 is 2.00 bits per heavy atom. The minimum absolute atomic E-state index is 0.752. The summed E-state index contributed by atoms with van der Waals surface area (Å²) < 4.78 is 7.51. The first-order valence-electron chi connectivity index (χ1n) is 11.1. The van der Waals surface area contributed by atoms with Crippen molar-refractivity contribution in [3.8, 4) is 0 Å². The largest absolute Gasteiger partial charge is 0.379 e. The number of halogens is 1. The van der Waals surface area contributed by atoms with E-state index in [1.807, 2.05) is 12.1 Å². The van der Waals surface area contributed by atoms with Crippen LogP contribution in [0.1, 0.15) is 24.7 Å². The van der Waals surface area contributed by atoms with Gasteiger partial charge in [-0.3, -0.25) is 9.89 Å². The van der Waals surface area contributed by atoms with Gasteiger partial charge in [-0.15, -0.1) is 10.2 Å². The van der Waals surface area contributed by atoms with Crippen molar-refractivity contribution in [2.75, 3.05) is 53.0 Å². The lowest BCUT2D eigenvalue weighted by molar-refractivity contribution is 0.0377. The first kappa shape index (κ1) is 23.5. The van der Waals surface area contributed by atoms with E-state index in [0.717, 1.165) is 88.7 Å². The third-order valence-corrected chi connectivity index (χ3v) is 5.59. The molecule has 170 valence electrons. The van der Waals surface area contributed by atoms with Crippen LogP contribution in [0.5, 0.6) is 0 Å². The Labute approximate surface area is 190 Å². The maximum atomic E-state index is 6.03. The van der Waals surface area contributed by atoms with Gasteiger partial charge in [0.25, 0.3) is 0 Å². The normalized spacial score (nSPS) is 15.3. The number of rotatable bonds is 10. The number of aliphatic imine (C=N–C) groups is 1. The van der Waals surface area contributed by atoms with E-state index < -0.39 is 0 Å². The highest BCUT2D eigenvalue weighted by Crippen LogP contribution is 2.11. The van der Waals surface area contributed by atoms with Gasteiger partial charge >= 0.3 is 0 Å². The van der Waals surface area contributed by atoms with Gasteiger partial charge < -0.3 is 19.5 Å². The van der Waals surface area contributed by atoms with Crippen LogP contribution in [0, 0.1) is 0 Å². The molecule has 0 amide bonds. The molecule has 2 aromatic rings. The third-order valence-electron chi connectivity index (χ3n) is 5.34. The van der Waals surface area contributed by atoms with E-state index in [2.05, 4.69) is 56.0 Å². The number of ether oxygens (including phenoxy) is 1. The van der Waals surface area contributed by atoms with Crippen LogP contribution in [-0.2, 0) is 24.2 Å². The van der Waals surface area contributed by atoms with E-state index in [9.17, 15) is 0 Å². The summed E-state index contributed by atoms with van der Waals surface area (Å²) in [5.74, 6) is 1.91. The van der Waals surface area contributed by atoms with Gasteiger partial charge in [0.2, 0.25) is 0 Å². The van der Waals surface area contributed by atoms with Crippen molar-refractivity contribution in [1.29, 1.82) is 0 Å². The van der Waals surface area contributed by atoms with E-state index >= 15 is 0 Å². The molecule has 0 bridgehead atoms. The SMILES string of the molecule is CCc1nncn1CCNC(=NCCCN1CCOCC1)N(C)Cc1ccc(Cl)cc1. The van der Waals surface area contributed by atoms with Crippen molar-refractivity contribution >= 4 is 17.6 Å². The fraction of sp³-hybridized carbons (Fsp3) is 0.591. The zero-order chi connectivity index (χ0) is 21.9. The van der Waals surface area contributed by atoms with Crippen molar-refractivity contribution in [2.24, 2.45) is 4.99 Å². The summed E-state index contributed by atoms with van der Waals surface area (Å²) >= 11 is 6.03. The summed E-state index contributed by atoms with van der Waals surface area (Å²) in [5.41, 5.74) is 1.20. The quantitative estimate of drug-likeness (QED) is 0.342. The molecule has 1 aliphatic rings. The molecule has 0 spiro atoms. The molecule has 1 N–H and O–H groups in total. The molecule has 1 aliphatic heterocycles. The van der Waals surface area contributed by atoms with Crippen LogP contribution in [0.15, 0.2) is 35.6 Å². The van der Waals surface area contributed by atoms with Crippen molar-refractivity contribution in [1.82, 2.24) is 29.9 Å². The van der Waals surface area contributed by atoms with Crippen molar-refractivity contribution in [3.63, 3.8) is 0 Å². The lowest BCUT2D eigenvalue weighted by atomic mass is 10.2. The van der Waals surface area contributed by atoms with Gasteiger partial charge in [0.15, 0.2) is 5.96 Å². The molecule has 1 fully saturated rings. The smallest absolute Gasteiger partial charge is 0.194 e. The van der Waals surface area contributed by atoms with Crippen molar-refractivity contribution in [2.45, 2.75) is 32.9 Å². The lowest BCUT2D eigenvalue weighted by Gasteiger charge is -2.26. The van der Waals surface area contributed by atoms with Crippen LogP contribution >= 0.6 is 11.6 Å². The predicted molar refractivity (Wildman–Crippen MR) is 124 cm³/mol. The Morgan fingerprint density at radius 3 is 2.74 bits per heavy atom. The number of nitrogens with one attached hydrogen (secondary N) is 1. The molecule has 0 radical (unpaired) electrons. The molecule has 9 heteroatoms. The Morgan fingerprint density at radius 1 is 1.23 bits per heavy atom. The molecule has 8 nitrogen and oxygen atoms in total. The van der Waals surface area contributed by atoms with Crippen LogP contribution in [0.3, 0.4) is 0 Å². The lowest BCUT2D eigenvalue weighted by Crippen LogP contribution is -2.40. The monoisotopic (exact) mass is 447 g/mol. The molecule has 0 atom stereocenters. The number of morpholine rings is 1. The summed E-state index contributed by atoms with van der Waals surface area (Å²) in [6.45, 7) is 9.98. The van der Waals surface area contributed by atoms with Crippen LogP contribution in [0.2, 0.25) is 5.02 Å². The Kier molecular flexibility index (Phi) is 9.58. The highest BCUT2D eigenvalue weighted by molar-refractivity contribution is 6.30. The first-order valence-corrected chi connectivity index (χ1v) is 11.4. The van der Waals surface area contributed by atoms with Crippen LogP contribution in [-0.4, -0.2) is 83.5 Å². The van der Waals surface area contributed by atoms with Gasteiger partial charge in [-0.1, -0.05) is 30.7 Å². The second kappa shape index (κ2) is 12.6. The molecule has 1 saturated heterocycles. The fourth-order valence-electron chi connectivity index (χ4n) is 3.58. The molecule has 0 unspecified atom stereocenters. The Balaban J connectivity index is 1.55. The zero-order valence-electron chi connectivity index (χ0n) is 18.6.